The van der Waals surface area contributed by atoms with Crippen molar-refractivity contribution >= 4 is 5.97 Å². The Hall–Kier alpha value is -1.56. The fourth-order valence-electron chi connectivity index (χ4n) is 5.74. The van der Waals surface area contributed by atoms with Crippen molar-refractivity contribution in [2.75, 3.05) is 6.61 Å². The number of benzene rings is 1. The molecule has 0 radical (unpaired) electrons. The smallest absolute Gasteiger partial charge is 0.314 e. The first-order chi connectivity index (χ1) is 15.0. The van der Waals surface area contributed by atoms with Crippen molar-refractivity contribution in [1.82, 2.24) is 0 Å². The lowest BCUT2D eigenvalue weighted by molar-refractivity contribution is -0.140. The molecule has 2 saturated carbocycles. The number of epoxide rings is 1. The molecule has 0 spiro atoms. The van der Waals surface area contributed by atoms with Crippen molar-refractivity contribution in [1.29, 1.82) is 0 Å². The van der Waals surface area contributed by atoms with Crippen molar-refractivity contribution in [2.45, 2.75) is 83.7 Å². The molecule has 1 saturated heterocycles. The first-order valence-electron chi connectivity index (χ1n) is 11.9. The molecule has 6 heteroatoms. The fourth-order valence-corrected chi connectivity index (χ4v) is 5.74. The van der Waals surface area contributed by atoms with Crippen LogP contribution in [0.5, 0.6) is 5.75 Å². The molecule has 1 atom stereocenters. The van der Waals surface area contributed by atoms with Crippen molar-refractivity contribution < 1.29 is 27.4 Å². The van der Waals surface area contributed by atoms with Crippen LogP contribution in [0.25, 0.3) is 0 Å². The van der Waals surface area contributed by atoms with E-state index in [0.29, 0.717) is 12.5 Å². The standard InChI is InChI=1S/C25H33F3O3/c1-2-3-15-4-6-16(7-5-15)17-8-10-18(11-9-17)25(29)31-20-13-12-19(21-14-30-21)23(26)22(20)24(27)28/h12-13,15-18,21,24H,2-11,14H2,1H3. The number of carbonyl (C=O) groups is 1. The second kappa shape index (κ2) is 9.93. The summed E-state index contributed by atoms with van der Waals surface area (Å²) >= 11 is 0. The highest BCUT2D eigenvalue weighted by molar-refractivity contribution is 5.75. The second-order valence-electron chi connectivity index (χ2n) is 9.61. The summed E-state index contributed by atoms with van der Waals surface area (Å²) < 4.78 is 51.9. The summed E-state index contributed by atoms with van der Waals surface area (Å²) in [5.41, 5.74) is -0.733. The van der Waals surface area contributed by atoms with Crippen LogP contribution in [-0.2, 0) is 9.53 Å². The maximum atomic E-state index is 14.5. The molecule has 3 fully saturated rings. The summed E-state index contributed by atoms with van der Waals surface area (Å²) in [5, 5.41) is 0. The zero-order valence-corrected chi connectivity index (χ0v) is 18.3. The number of carbonyl (C=O) groups excluding carboxylic acids is 1. The normalized spacial score (nSPS) is 30.9. The predicted octanol–water partition coefficient (Wildman–Crippen LogP) is 7.15. The molecule has 0 N–H and O–H groups in total. The van der Waals surface area contributed by atoms with E-state index in [-0.39, 0.29) is 17.2 Å². The molecule has 3 aliphatic rings. The van der Waals surface area contributed by atoms with Crippen molar-refractivity contribution in [2.24, 2.45) is 23.7 Å². The van der Waals surface area contributed by atoms with Crippen LogP contribution >= 0.6 is 0 Å². The van der Waals surface area contributed by atoms with Gasteiger partial charge in [-0.25, -0.2) is 13.2 Å². The summed E-state index contributed by atoms with van der Waals surface area (Å²) in [5.74, 6) is 0.0909. The van der Waals surface area contributed by atoms with Gasteiger partial charge in [0.1, 0.15) is 17.7 Å². The molecule has 31 heavy (non-hydrogen) atoms. The average molecular weight is 439 g/mol. The number of hydrogen-bond donors (Lipinski definition) is 0. The highest BCUT2D eigenvalue weighted by Gasteiger charge is 2.36. The second-order valence-corrected chi connectivity index (χ2v) is 9.61. The van der Waals surface area contributed by atoms with E-state index >= 15 is 0 Å². The molecular formula is C25H33F3O3. The number of esters is 1. The van der Waals surface area contributed by atoms with Gasteiger partial charge in [-0.05, 0) is 68.4 Å². The van der Waals surface area contributed by atoms with E-state index in [4.69, 9.17) is 9.47 Å². The van der Waals surface area contributed by atoms with Gasteiger partial charge in [0.15, 0.2) is 0 Å². The zero-order chi connectivity index (χ0) is 22.0. The minimum atomic E-state index is -3.06. The van der Waals surface area contributed by atoms with Gasteiger partial charge < -0.3 is 9.47 Å². The Morgan fingerprint density at radius 1 is 1.06 bits per heavy atom. The Labute approximate surface area is 182 Å². The van der Waals surface area contributed by atoms with Gasteiger partial charge in [0.2, 0.25) is 0 Å². The van der Waals surface area contributed by atoms with E-state index in [0.717, 1.165) is 37.5 Å². The molecule has 2 aliphatic carbocycles. The Bertz CT molecular complexity index is 762. The molecule has 3 nitrogen and oxygen atoms in total. The van der Waals surface area contributed by atoms with Gasteiger partial charge in [-0.1, -0.05) is 32.6 Å². The number of hydrogen-bond acceptors (Lipinski definition) is 3. The van der Waals surface area contributed by atoms with Crippen LogP contribution < -0.4 is 4.74 Å². The molecular weight excluding hydrogens is 405 g/mol. The lowest BCUT2D eigenvalue weighted by Crippen LogP contribution is -2.30. The maximum absolute atomic E-state index is 14.5. The number of rotatable bonds is 7. The van der Waals surface area contributed by atoms with Crippen molar-refractivity contribution in [3.8, 4) is 5.75 Å². The molecule has 1 aromatic carbocycles. The van der Waals surface area contributed by atoms with Crippen LogP contribution in [0.4, 0.5) is 13.2 Å². The van der Waals surface area contributed by atoms with Crippen LogP contribution in [0.15, 0.2) is 12.1 Å². The Morgan fingerprint density at radius 3 is 2.23 bits per heavy atom. The van der Waals surface area contributed by atoms with Gasteiger partial charge in [0, 0.05) is 5.56 Å². The molecule has 4 rings (SSSR count). The lowest BCUT2D eigenvalue weighted by atomic mass is 9.69. The van der Waals surface area contributed by atoms with Gasteiger partial charge in [-0.3, -0.25) is 4.79 Å². The monoisotopic (exact) mass is 438 g/mol. The Kier molecular flexibility index (Phi) is 7.25. The largest absolute Gasteiger partial charge is 0.426 e. The summed E-state index contributed by atoms with van der Waals surface area (Å²) in [6, 6.07) is 2.66. The van der Waals surface area contributed by atoms with E-state index < -0.39 is 29.9 Å². The topological polar surface area (TPSA) is 38.8 Å². The van der Waals surface area contributed by atoms with Gasteiger partial charge in [0.25, 0.3) is 6.43 Å². The zero-order valence-electron chi connectivity index (χ0n) is 18.3. The summed E-state index contributed by atoms with van der Waals surface area (Å²) in [6.07, 6.45) is 7.70. The first-order valence-corrected chi connectivity index (χ1v) is 11.9. The quantitative estimate of drug-likeness (QED) is 0.258. The van der Waals surface area contributed by atoms with Gasteiger partial charge >= 0.3 is 5.97 Å². The van der Waals surface area contributed by atoms with E-state index in [1.807, 2.05) is 0 Å². The van der Waals surface area contributed by atoms with Crippen molar-refractivity contribution in [3.05, 3.63) is 29.1 Å². The highest BCUT2D eigenvalue weighted by atomic mass is 19.3. The Morgan fingerprint density at radius 2 is 1.68 bits per heavy atom. The third-order valence-electron chi connectivity index (χ3n) is 7.64. The number of alkyl halides is 2. The molecule has 1 aromatic rings. The molecule has 172 valence electrons. The number of ether oxygens (including phenoxy) is 2. The molecule has 0 amide bonds. The van der Waals surface area contributed by atoms with Crippen LogP contribution in [0, 0.1) is 29.5 Å². The SMILES string of the molecule is CCCC1CCC(C2CCC(C(=O)Oc3ccc(C4CO4)c(F)c3C(F)F)CC2)CC1. The first kappa shape index (κ1) is 22.6. The third-order valence-corrected chi connectivity index (χ3v) is 7.64. The maximum Gasteiger partial charge on any atom is 0.314 e. The fraction of sp³-hybridized carbons (Fsp3) is 0.720. The molecule has 0 bridgehead atoms. The lowest BCUT2D eigenvalue weighted by Gasteiger charge is -2.37. The molecule has 1 aliphatic heterocycles. The summed E-state index contributed by atoms with van der Waals surface area (Å²) in [7, 11) is 0. The van der Waals surface area contributed by atoms with Crippen LogP contribution in [-0.4, -0.2) is 12.6 Å². The van der Waals surface area contributed by atoms with Crippen LogP contribution in [0.2, 0.25) is 0 Å². The third kappa shape index (κ3) is 5.27. The minimum absolute atomic E-state index is 0.101. The van der Waals surface area contributed by atoms with Crippen molar-refractivity contribution in [3.63, 3.8) is 0 Å². The number of halogens is 3. The van der Waals surface area contributed by atoms with E-state index in [1.54, 1.807) is 0 Å². The molecule has 1 unspecified atom stereocenters. The van der Waals surface area contributed by atoms with Crippen LogP contribution in [0.1, 0.15) is 94.8 Å². The van der Waals surface area contributed by atoms with E-state index in [1.165, 1.54) is 50.7 Å². The Balaban J connectivity index is 1.32. The van der Waals surface area contributed by atoms with Gasteiger partial charge in [-0.15, -0.1) is 0 Å². The summed E-state index contributed by atoms with van der Waals surface area (Å²) in [4.78, 5) is 12.7. The van der Waals surface area contributed by atoms with E-state index in [9.17, 15) is 18.0 Å². The average Bonchev–Trinajstić information content (AvgIpc) is 3.60. The summed E-state index contributed by atoms with van der Waals surface area (Å²) in [6.45, 7) is 2.57. The van der Waals surface area contributed by atoms with Gasteiger partial charge in [0.05, 0.1) is 18.1 Å². The van der Waals surface area contributed by atoms with E-state index in [2.05, 4.69) is 6.92 Å². The van der Waals surface area contributed by atoms with Crippen LogP contribution in [0.3, 0.4) is 0 Å². The van der Waals surface area contributed by atoms with Gasteiger partial charge in [-0.2, -0.15) is 0 Å². The molecule has 0 aromatic heterocycles. The predicted molar refractivity (Wildman–Crippen MR) is 111 cm³/mol. The minimum Gasteiger partial charge on any atom is -0.426 e. The highest BCUT2D eigenvalue weighted by Crippen LogP contribution is 2.43. The molecule has 1 heterocycles.